The van der Waals surface area contributed by atoms with E-state index in [-0.39, 0.29) is 10.0 Å². The van der Waals surface area contributed by atoms with E-state index in [9.17, 15) is 4.39 Å². The number of hydrogen-bond donors (Lipinski definition) is 0. The molecule has 86 valence electrons. The molecule has 6 heteroatoms. The molecule has 0 atom stereocenters. The number of thiazole rings is 1. The Kier molecular flexibility index (Phi) is 3.27. The van der Waals surface area contributed by atoms with E-state index >= 15 is 0 Å². The average molecular weight is 269 g/mol. The van der Waals surface area contributed by atoms with Crippen LogP contribution in [0.25, 0.3) is 10.6 Å². The summed E-state index contributed by atoms with van der Waals surface area (Å²) in [5, 5.41) is 9.23. The maximum atomic E-state index is 13.2. The molecular weight excluding hydrogens is 263 g/mol. The smallest absolute Gasteiger partial charge is 0.170 e. The van der Waals surface area contributed by atoms with Crippen LogP contribution in [0.3, 0.4) is 0 Å². The zero-order chi connectivity index (χ0) is 12.4. The van der Waals surface area contributed by atoms with E-state index in [1.807, 2.05) is 6.07 Å². The summed E-state index contributed by atoms with van der Waals surface area (Å²) in [6.45, 7) is 0. The van der Waals surface area contributed by atoms with Gasteiger partial charge in [0, 0.05) is 0 Å². The summed E-state index contributed by atoms with van der Waals surface area (Å²) in [4.78, 5) is 4.03. The Balaban J connectivity index is 2.59. The van der Waals surface area contributed by atoms with E-state index in [2.05, 4.69) is 4.98 Å². The summed E-state index contributed by atoms with van der Waals surface area (Å²) in [6.07, 6.45) is 0. The monoisotopic (exact) mass is 268 g/mol. The fourth-order valence-corrected chi connectivity index (χ4v) is 2.40. The zero-order valence-corrected chi connectivity index (χ0v) is 10.3. The molecular formula is C11H6ClFN2OS. The van der Waals surface area contributed by atoms with Crippen LogP contribution in [-0.4, -0.2) is 12.1 Å². The largest absolute Gasteiger partial charge is 0.496 e. The lowest BCUT2D eigenvalue weighted by molar-refractivity contribution is 0.415. The van der Waals surface area contributed by atoms with Gasteiger partial charge in [0.1, 0.15) is 27.0 Å². The summed E-state index contributed by atoms with van der Waals surface area (Å²) in [6, 6.07) is 5.97. The first-order valence-corrected chi connectivity index (χ1v) is 5.75. The molecule has 0 fully saturated rings. The first-order valence-electron chi connectivity index (χ1n) is 4.56. The normalized spacial score (nSPS) is 10.0. The number of nitriles is 1. The highest BCUT2D eigenvalue weighted by atomic mass is 35.5. The van der Waals surface area contributed by atoms with Gasteiger partial charge >= 0.3 is 0 Å². The second kappa shape index (κ2) is 4.70. The number of rotatable bonds is 2. The molecule has 0 amide bonds. The van der Waals surface area contributed by atoms with Crippen molar-refractivity contribution in [2.45, 2.75) is 0 Å². The summed E-state index contributed by atoms with van der Waals surface area (Å²) < 4.78 is 18.6. The van der Waals surface area contributed by atoms with Gasteiger partial charge in [-0.15, -0.1) is 11.3 Å². The Morgan fingerprint density at radius 3 is 2.88 bits per heavy atom. The van der Waals surface area contributed by atoms with Gasteiger partial charge in [0.05, 0.1) is 12.7 Å². The lowest BCUT2D eigenvalue weighted by atomic mass is 10.2. The Morgan fingerprint density at radius 2 is 2.29 bits per heavy atom. The van der Waals surface area contributed by atoms with Crippen LogP contribution in [0.4, 0.5) is 4.39 Å². The molecule has 0 N–H and O–H groups in total. The van der Waals surface area contributed by atoms with E-state index in [0.29, 0.717) is 16.3 Å². The van der Waals surface area contributed by atoms with Gasteiger partial charge in [-0.2, -0.15) is 5.26 Å². The Hall–Kier alpha value is -1.64. The van der Waals surface area contributed by atoms with Gasteiger partial charge in [-0.25, -0.2) is 9.37 Å². The second-order valence-electron chi connectivity index (χ2n) is 3.10. The van der Waals surface area contributed by atoms with Gasteiger partial charge in [-0.05, 0) is 18.2 Å². The fourth-order valence-electron chi connectivity index (χ4n) is 1.33. The molecule has 1 heterocycles. The van der Waals surface area contributed by atoms with Crippen LogP contribution in [0.15, 0.2) is 18.2 Å². The molecule has 0 aliphatic heterocycles. The van der Waals surface area contributed by atoms with E-state index in [1.54, 1.807) is 0 Å². The highest BCUT2D eigenvalue weighted by molar-refractivity contribution is 7.19. The van der Waals surface area contributed by atoms with Crippen molar-refractivity contribution in [3.8, 4) is 22.4 Å². The molecule has 2 aromatic rings. The average Bonchev–Trinajstić information content (AvgIpc) is 2.70. The summed E-state index contributed by atoms with van der Waals surface area (Å²) in [5.41, 5.74) is 0.624. The first-order chi connectivity index (χ1) is 8.15. The number of halogens is 2. The molecule has 0 aliphatic carbocycles. The highest BCUT2D eigenvalue weighted by Crippen LogP contribution is 2.36. The number of hydrogen-bond acceptors (Lipinski definition) is 4. The molecule has 17 heavy (non-hydrogen) atoms. The van der Waals surface area contributed by atoms with Crippen LogP contribution in [0, 0.1) is 17.1 Å². The fraction of sp³-hybridized carbons (Fsp3) is 0.0909. The second-order valence-corrected chi connectivity index (χ2v) is 4.70. The molecule has 0 spiro atoms. The molecule has 0 saturated heterocycles. The Morgan fingerprint density at radius 1 is 1.53 bits per heavy atom. The van der Waals surface area contributed by atoms with Gasteiger partial charge in [0.25, 0.3) is 0 Å². The SMILES string of the molecule is COc1ccc(F)cc1-c1nc(C#N)c(Cl)s1. The number of ether oxygens (including phenoxy) is 1. The quantitative estimate of drug-likeness (QED) is 0.838. The summed E-state index contributed by atoms with van der Waals surface area (Å²) in [7, 11) is 1.48. The van der Waals surface area contributed by atoms with Crippen molar-refractivity contribution in [3.05, 3.63) is 34.0 Å². The number of methoxy groups -OCH3 is 1. The Bertz CT molecular complexity index is 606. The molecule has 3 nitrogen and oxygen atoms in total. The minimum atomic E-state index is -0.398. The van der Waals surface area contributed by atoms with Crippen molar-refractivity contribution in [3.63, 3.8) is 0 Å². The van der Waals surface area contributed by atoms with Gasteiger partial charge in [-0.1, -0.05) is 11.6 Å². The number of aromatic nitrogens is 1. The minimum Gasteiger partial charge on any atom is -0.496 e. The molecule has 0 radical (unpaired) electrons. The highest BCUT2D eigenvalue weighted by Gasteiger charge is 2.14. The molecule has 1 aromatic heterocycles. The van der Waals surface area contributed by atoms with Gasteiger partial charge in [0.15, 0.2) is 5.69 Å². The van der Waals surface area contributed by atoms with Crippen LogP contribution in [-0.2, 0) is 0 Å². The van der Waals surface area contributed by atoms with Crippen LogP contribution in [0.1, 0.15) is 5.69 Å². The van der Waals surface area contributed by atoms with Crippen molar-refractivity contribution in [2.75, 3.05) is 7.11 Å². The molecule has 0 unspecified atom stereocenters. The van der Waals surface area contributed by atoms with Gasteiger partial charge < -0.3 is 4.74 Å². The predicted molar refractivity (Wildman–Crippen MR) is 63.8 cm³/mol. The van der Waals surface area contributed by atoms with E-state index in [0.717, 1.165) is 11.3 Å². The zero-order valence-electron chi connectivity index (χ0n) is 8.70. The van der Waals surface area contributed by atoms with Gasteiger partial charge in [-0.3, -0.25) is 0 Å². The van der Waals surface area contributed by atoms with E-state index < -0.39 is 5.82 Å². The molecule has 1 aromatic carbocycles. The Labute approximate surface area is 106 Å². The molecule has 0 bridgehead atoms. The summed E-state index contributed by atoms with van der Waals surface area (Å²) >= 11 is 6.94. The molecule has 0 aliphatic rings. The third-order valence-corrected chi connectivity index (χ3v) is 3.37. The van der Waals surface area contributed by atoms with E-state index in [4.69, 9.17) is 21.6 Å². The topological polar surface area (TPSA) is 45.9 Å². The minimum absolute atomic E-state index is 0.137. The van der Waals surface area contributed by atoms with Crippen molar-refractivity contribution in [2.24, 2.45) is 0 Å². The lowest BCUT2D eigenvalue weighted by Crippen LogP contribution is -1.89. The first kappa shape index (κ1) is 11.8. The van der Waals surface area contributed by atoms with Crippen molar-refractivity contribution in [1.82, 2.24) is 4.98 Å². The summed E-state index contributed by atoms with van der Waals surface area (Å²) in [5.74, 6) is 0.0898. The maximum Gasteiger partial charge on any atom is 0.170 e. The van der Waals surface area contributed by atoms with Crippen LogP contribution >= 0.6 is 22.9 Å². The lowest BCUT2D eigenvalue weighted by Gasteiger charge is -2.05. The van der Waals surface area contributed by atoms with Gasteiger partial charge in [0.2, 0.25) is 0 Å². The number of benzene rings is 1. The standard InChI is InChI=1S/C11H6ClFN2OS/c1-16-9-3-2-6(13)4-7(9)11-15-8(5-14)10(12)17-11/h2-4H,1H3. The maximum absolute atomic E-state index is 13.2. The molecule has 2 rings (SSSR count). The van der Waals surface area contributed by atoms with Crippen LogP contribution in [0.5, 0.6) is 5.75 Å². The van der Waals surface area contributed by atoms with E-state index in [1.165, 1.54) is 25.3 Å². The van der Waals surface area contributed by atoms with Crippen LogP contribution in [0.2, 0.25) is 4.34 Å². The van der Waals surface area contributed by atoms with Crippen molar-refractivity contribution in [1.29, 1.82) is 5.26 Å². The van der Waals surface area contributed by atoms with Crippen molar-refractivity contribution >= 4 is 22.9 Å². The number of nitrogens with zero attached hydrogens (tertiary/aromatic N) is 2. The van der Waals surface area contributed by atoms with Crippen LogP contribution < -0.4 is 4.74 Å². The molecule has 0 saturated carbocycles. The predicted octanol–water partition coefficient (Wildman–Crippen LogP) is 3.48. The third kappa shape index (κ3) is 2.23. The van der Waals surface area contributed by atoms with Crippen molar-refractivity contribution < 1.29 is 9.13 Å². The third-order valence-electron chi connectivity index (χ3n) is 2.08.